The largest absolute Gasteiger partial charge is 0.493 e. The molecule has 3 rings (SSSR count). The molecule has 1 heterocycles. The molecular formula is C19H20N2O5. The zero-order valence-electron chi connectivity index (χ0n) is 14.4. The van der Waals surface area contributed by atoms with Crippen LogP contribution in [0.2, 0.25) is 0 Å². The van der Waals surface area contributed by atoms with Crippen molar-refractivity contribution in [2.45, 2.75) is 0 Å². The lowest BCUT2D eigenvalue weighted by Gasteiger charge is -2.28. The molecule has 1 N–H and O–H groups in total. The Kier molecular flexibility index (Phi) is 5.58. The van der Waals surface area contributed by atoms with Crippen LogP contribution in [0.15, 0.2) is 48.5 Å². The van der Waals surface area contributed by atoms with E-state index in [1.54, 1.807) is 37.4 Å². The minimum atomic E-state index is -0.265. The molecule has 0 radical (unpaired) electrons. The average molecular weight is 356 g/mol. The zero-order chi connectivity index (χ0) is 18.4. The van der Waals surface area contributed by atoms with E-state index in [-0.39, 0.29) is 25.0 Å². The summed E-state index contributed by atoms with van der Waals surface area (Å²) in [6.07, 6.45) is 0. The van der Waals surface area contributed by atoms with Gasteiger partial charge in [-0.15, -0.1) is 0 Å². The van der Waals surface area contributed by atoms with Gasteiger partial charge >= 0.3 is 0 Å². The Morgan fingerprint density at radius 1 is 1.15 bits per heavy atom. The van der Waals surface area contributed by atoms with Gasteiger partial charge in [0.05, 0.1) is 19.3 Å². The second-order valence-electron chi connectivity index (χ2n) is 5.59. The summed E-state index contributed by atoms with van der Waals surface area (Å²) in [7, 11) is 1.57. The van der Waals surface area contributed by atoms with E-state index in [0.717, 1.165) is 0 Å². The molecule has 0 unspecified atom stereocenters. The van der Waals surface area contributed by atoms with Crippen molar-refractivity contribution in [3.05, 3.63) is 48.5 Å². The Bertz CT molecular complexity index is 793. The number of benzene rings is 2. The highest BCUT2D eigenvalue weighted by molar-refractivity contribution is 6.02. The molecule has 0 saturated carbocycles. The van der Waals surface area contributed by atoms with E-state index in [4.69, 9.17) is 14.2 Å². The van der Waals surface area contributed by atoms with Gasteiger partial charge in [-0.1, -0.05) is 24.3 Å². The first-order chi connectivity index (χ1) is 12.7. The SMILES string of the molecule is COc1ccccc1OCCNC(=O)CN1C(=O)COc2ccccc21. The van der Waals surface area contributed by atoms with Gasteiger partial charge in [0.15, 0.2) is 18.1 Å². The fraction of sp³-hybridized carbons (Fsp3) is 0.263. The number of nitrogens with zero attached hydrogens (tertiary/aromatic N) is 1. The molecule has 0 aliphatic carbocycles. The van der Waals surface area contributed by atoms with Crippen LogP contribution in [-0.2, 0) is 9.59 Å². The van der Waals surface area contributed by atoms with Crippen LogP contribution >= 0.6 is 0 Å². The van der Waals surface area contributed by atoms with Crippen LogP contribution < -0.4 is 24.4 Å². The fourth-order valence-corrected chi connectivity index (χ4v) is 2.62. The smallest absolute Gasteiger partial charge is 0.265 e. The standard InChI is InChI=1S/C19H20N2O5/c1-24-16-8-4-5-9-17(16)25-11-10-20-18(22)12-21-14-6-2-3-7-15(14)26-13-19(21)23/h2-9H,10-13H2,1H3,(H,20,22). The van der Waals surface area contributed by atoms with Gasteiger partial charge in [-0.05, 0) is 24.3 Å². The molecule has 1 aliphatic heterocycles. The van der Waals surface area contributed by atoms with Gasteiger partial charge < -0.3 is 19.5 Å². The summed E-state index contributed by atoms with van der Waals surface area (Å²) in [6, 6.07) is 14.4. The van der Waals surface area contributed by atoms with Crippen molar-refractivity contribution in [2.75, 3.05) is 38.3 Å². The van der Waals surface area contributed by atoms with E-state index in [1.165, 1.54) is 4.90 Å². The van der Waals surface area contributed by atoms with Gasteiger partial charge in [-0.2, -0.15) is 0 Å². The second-order valence-corrected chi connectivity index (χ2v) is 5.59. The number of amides is 2. The highest BCUT2D eigenvalue weighted by Crippen LogP contribution is 2.31. The van der Waals surface area contributed by atoms with E-state index in [1.807, 2.05) is 18.2 Å². The summed E-state index contributed by atoms with van der Waals surface area (Å²) in [5, 5.41) is 2.75. The zero-order valence-corrected chi connectivity index (χ0v) is 14.4. The predicted octanol–water partition coefficient (Wildman–Crippen LogP) is 1.62. The van der Waals surface area contributed by atoms with E-state index in [9.17, 15) is 9.59 Å². The summed E-state index contributed by atoms with van der Waals surface area (Å²) in [5.41, 5.74) is 0.601. The Labute approximate surface area is 151 Å². The highest BCUT2D eigenvalue weighted by Gasteiger charge is 2.26. The van der Waals surface area contributed by atoms with E-state index >= 15 is 0 Å². The quantitative estimate of drug-likeness (QED) is 0.763. The van der Waals surface area contributed by atoms with Crippen LogP contribution in [0.3, 0.4) is 0 Å². The topological polar surface area (TPSA) is 77.1 Å². The van der Waals surface area contributed by atoms with Gasteiger partial charge in [0, 0.05) is 0 Å². The van der Waals surface area contributed by atoms with Crippen LogP contribution in [-0.4, -0.2) is 45.2 Å². The van der Waals surface area contributed by atoms with E-state index in [0.29, 0.717) is 36.1 Å². The maximum absolute atomic E-state index is 12.2. The Hall–Kier alpha value is -3.22. The van der Waals surface area contributed by atoms with Crippen LogP contribution in [0.1, 0.15) is 0 Å². The number of fused-ring (bicyclic) bond motifs is 1. The number of rotatable bonds is 7. The number of carbonyl (C=O) groups is 2. The molecule has 7 nitrogen and oxygen atoms in total. The molecule has 1 aliphatic rings. The third-order valence-electron chi connectivity index (χ3n) is 3.86. The molecule has 136 valence electrons. The van der Waals surface area contributed by atoms with Crippen LogP contribution in [0.5, 0.6) is 17.2 Å². The molecule has 26 heavy (non-hydrogen) atoms. The highest BCUT2D eigenvalue weighted by atomic mass is 16.5. The molecule has 0 bridgehead atoms. The summed E-state index contributed by atoms with van der Waals surface area (Å²) >= 11 is 0. The van der Waals surface area contributed by atoms with Gasteiger partial charge in [-0.3, -0.25) is 14.5 Å². The van der Waals surface area contributed by atoms with Crippen LogP contribution in [0.4, 0.5) is 5.69 Å². The van der Waals surface area contributed by atoms with Crippen molar-refractivity contribution in [1.82, 2.24) is 5.32 Å². The normalized spacial score (nSPS) is 12.8. The summed E-state index contributed by atoms with van der Waals surface area (Å²) in [5.74, 6) is 1.33. The summed E-state index contributed by atoms with van der Waals surface area (Å²) in [6.45, 7) is 0.478. The van der Waals surface area contributed by atoms with Gasteiger partial charge in [-0.25, -0.2) is 0 Å². The average Bonchev–Trinajstić information content (AvgIpc) is 2.68. The number of hydrogen-bond donors (Lipinski definition) is 1. The number of methoxy groups -OCH3 is 1. The van der Waals surface area contributed by atoms with Gasteiger partial charge in [0.1, 0.15) is 18.9 Å². The molecule has 0 aromatic heterocycles. The van der Waals surface area contributed by atoms with E-state index < -0.39 is 0 Å². The Morgan fingerprint density at radius 2 is 1.88 bits per heavy atom. The van der Waals surface area contributed by atoms with Crippen molar-refractivity contribution >= 4 is 17.5 Å². The molecule has 0 spiro atoms. The number of para-hydroxylation sites is 4. The van der Waals surface area contributed by atoms with Gasteiger partial charge in [0.25, 0.3) is 5.91 Å². The van der Waals surface area contributed by atoms with Crippen molar-refractivity contribution in [3.8, 4) is 17.2 Å². The lowest BCUT2D eigenvalue weighted by atomic mass is 10.2. The minimum Gasteiger partial charge on any atom is -0.493 e. The van der Waals surface area contributed by atoms with Crippen molar-refractivity contribution in [3.63, 3.8) is 0 Å². The third-order valence-corrected chi connectivity index (χ3v) is 3.86. The summed E-state index contributed by atoms with van der Waals surface area (Å²) < 4.78 is 16.2. The van der Waals surface area contributed by atoms with Gasteiger partial charge in [0.2, 0.25) is 5.91 Å². The van der Waals surface area contributed by atoms with Crippen LogP contribution in [0.25, 0.3) is 0 Å². The van der Waals surface area contributed by atoms with Crippen molar-refractivity contribution in [2.24, 2.45) is 0 Å². The minimum absolute atomic E-state index is 0.0616. The molecule has 7 heteroatoms. The monoisotopic (exact) mass is 356 g/mol. The first kappa shape index (κ1) is 17.6. The molecular weight excluding hydrogens is 336 g/mol. The molecule has 0 fully saturated rings. The number of ether oxygens (including phenoxy) is 3. The number of carbonyl (C=O) groups excluding carboxylic acids is 2. The lowest BCUT2D eigenvalue weighted by Crippen LogP contribution is -2.45. The first-order valence-electron chi connectivity index (χ1n) is 8.24. The Balaban J connectivity index is 1.50. The summed E-state index contributed by atoms with van der Waals surface area (Å²) in [4.78, 5) is 25.7. The second kappa shape index (κ2) is 8.24. The number of hydrogen-bond acceptors (Lipinski definition) is 5. The van der Waals surface area contributed by atoms with Crippen LogP contribution in [0, 0.1) is 0 Å². The predicted molar refractivity (Wildman–Crippen MR) is 95.8 cm³/mol. The van der Waals surface area contributed by atoms with Crippen molar-refractivity contribution < 1.29 is 23.8 Å². The van der Waals surface area contributed by atoms with E-state index in [2.05, 4.69) is 5.32 Å². The maximum atomic E-state index is 12.2. The number of nitrogens with one attached hydrogen (secondary N) is 1. The number of anilines is 1. The Morgan fingerprint density at radius 3 is 2.69 bits per heavy atom. The molecule has 0 atom stereocenters. The molecule has 2 amide bonds. The molecule has 2 aromatic rings. The maximum Gasteiger partial charge on any atom is 0.265 e. The van der Waals surface area contributed by atoms with Crippen molar-refractivity contribution in [1.29, 1.82) is 0 Å². The third kappa shape index (κ3) is 4.05. The molecule has 0 saturated heterocycles. The molecule has 2 aromatic carbocycles. The first-order valence-corrected chi connectivity index (χ1v) is 8.24. The fourth-order valence-electron chi connectivity index (χ4n) is 2.62. The lowest BCUT2D eigenvalue weighted by molar-refractivity contribution is -0.125.